The lowest BCUT2D eigenvalue weighted by molar-refractivity contribution is 0.0995. The van der Waals surface area contributed by atoms with Gasteiger partial charge in [-0.05, 0) is 72.8 Å². The van der Waals surface area contributed by atoms with Gasteiger partial charge >= 0.3 is 0 Å². The number of rotatable bonds is 10. The molecule has 0 saturated carbocycles. The normalized spacial score (nSPS) is 10.9. The zero-order chi connectivity index (χ0) is 41.6. The Morgan fingerprint density at radius 1 is 0.633 bits per heavy atom. The predicted octanol–water partition coefficient (Wildman–Crippen LogP) is 9.69. The molecule has 9 rings (SSSR count). The second kappa shape index (κ2) is 18.0. The van der Waals surface area contributed by atoms with Crippen LogP contribution in [-0.2, 0) is 0 Å². The van der Waals surface area contributed by atoms with Crippen LogP contribution in [0.25, 0.3) is 45.4 Å². The minimum absolute atomic E-state index is 0.161. The van der Waals surface area contributed by atoms with Gasteiger partial charge < -0.3 is 10.3 Å². The van der Waals surface area contributed by atoms with Crippen molar-refractivity contribution in [1.82, 2.24) is 49.6 Å². The summed E-state index contributed by atoms with van der Waals surface area (Å²) >= 11 is 15.0. The van der Waals surface area contributed by atoms with E-state index in [1.807, 2.05) is 48.7 Å². The molecule has 0 aliphatic heterocycles. The molecular formula is C41H25Cl2F2N11O2S2. The van der Waals surface area contributed by atoms with Crippen molar-refractivity contribution >= 4 is 52.6 Å². The molecule has 0 saturated heterocycles. The fourth-order valence-electron chi connectivity index (χ4n) is 5.47. The quantitative estimate of drug-likeness (QED) is 0.138. The third-order valence-corrected chi connectivity index (χ3v) is 10.8. The minimum Gasteiger partial charge on any atom is -0.364 e. The van der Waals surface area contributed by atoms with Crippen molar-refractivity contribution in [3.05, 3.63) is 168 Å². The van der Waals surface area contributed by atoms with Gasteiger partial charge in [-0.1, -0.05) is 51.9 Å². The summed E-state index contributed by atoms with van der Waals surface area (Å²) in [5.41, 5.74) is 9.79. The summed E-state index contributed by atoms with van der Waals surface area (Å²) in [5, 5.41) is 14.4. The van der Waals surface area contributed by atoms with E-state index in [2.05, 4.69) is 40.3 Å². The van der Waals surface area contributed by atoms with E-state index in [1.165, 1.54) is 60.5 Å². The maximum Gasteiger partial charge on any atom is 0.267 e. The number of carbonyl (C=O) groups is 1. The fourth-order valence-corrected chi connectivity index (χ4v) is 7.59. The monoisotopic (exact) mass is 875 g/mol. The molecule has 296 valence electrons. The van der Waals surface area contributed by atoms with Crippen LogP contribution in [0.5, 0.6) is 0 Å². The van der Waals surface area contributed by atoms with Crippen LogP contribution in [0.15, 0.2) is 165 Å². The van der Waals surface area contributed by atoms with Crippen LogP contribution in [0.3, 0.4) is 0 Å². The molecule has 7 heterocycles. The van der Waals surface area contributed by atoms with Crippen LogP contribution < -0.4 is 5.73 Å². The zero-order valence-corrected chi connectivity index (χ0v) is 33.6. The molecule has 0 fully saturated rings. The van der Waals surface area contributed by atoms with Crippen molar-refractivity contribution in [2.24, 2.45) is 5.73 Å². The summed E-state index contributed by atoms with van der Waals surface area (Å²) in [5.74, 6) is -1.10. The van der Waals surface area contributed by atoms with Gasteiger partial charge in [0.2, 0.25) is 12.2 Å². The SMILES string of the molecule is Fc1cncc(-n2cc(Sc3ccc(Cl)cc3)c(-c3ccc(-c4ncon4)nc3)n2)c1.NC(=O)c1ccc(-c2nn(-c3cncc(F)c3)cc2Sc2ccc(Cl)cc2)cn1. The van der Waals surface area contributed by atoms with Crippen molar-refractivity contribution in [2.45, 2.75) is 19.6 Å². The zero-order valence-electron chi connectivity index (χ0n) is 30.5. The molecule has 13 nitrogen and oxygen atoms in total. The molecule has 60 heavy (non-hydrogen) atoms. The molecule has 2 aromatic carbocycles. The number of hydrogen-bond donors (Lipinski definition) is 1. The number of pyridine rings is 4. The van der Waals surface area contributed by atoms with Gasteiger partial charge in [0.05, 0.1) is 46.0 Å². The average Bonchev–Trinajstić information content (AvgIpc) is 4.05. The highest BCUT2D eigenvalue weighted by Gasteiger charge is 2.18. The smallest absolute Gasteiger partial charge is 0.267 e. The number of hydrogen-bond acceptors (Lipinski definition) is 12. The van der Waals surface area contributed by atoms with Crippen LogP contribution in [0.2, 0.25) is 10.0 Å². The minimum atomic E-state index is -0.608. The predicted molar refractivity (Wildman–Crippen MR) is 222 cm³/mol. The molecule has 9 aromatic rings. The standard InChI is InChI=1S/C21H12ClFN6OS.C20H13ClFN5OS/c22-14-2-4-17(5-3-14)31-19-11-29(16-7-15(23)9-24-10-16)27-20(19)13-1-6-18(25-8-13)21-26-12-30-28-21;21-13-2-4-16(5-3-13)29-18-11-27(15-7-14(22)9-24-10-15)26-19(18)12-1-6-17(20(23)28)25-8-12/h1-12H;1-11H,(H2,23,28). The number of halogens is 4. The third-order valence-electron chi connectivity index (χ3n) is 8.27. The van der Waals surface area contributed by atoms with E-state index in [0.717, 1.165) is 37.5 Å². The highest BCUT2D eigenvalue weighted by molar-refractivity contribution is 7.99. The molecule has 0 radical (unpaired) electrons. The summed E-state index contributed by atoms with van der Waals surface area (Å²) in [7, 11) is 0. The topological polar surface area (TPSA) is 169 Å². The molecule has 0 aliphatic rings. The third kappa shape index (κ3) is 9.56. The number of nitrogens with zero attached hydrogens (tertiary/aromatic N) is 10. The number of primary amides is 1. The first-order valence-electron chi connectivity index (χ1n) is 17.4. The molecule has 2 N–H and O–H groups in total. The van der Waals surface area contributed by atoms with Gasteiger partial charge in [0, 0.05) is 67.9 Å². The maximum absolute atomic E-state index is 13.7. The first-order chi connectivity index (χ1) is 29.1. The summed E-state index contributed by atoms with van der Waals surface area (Å²) in [6, 6.07) is 24.5. The summed E-state index contributed by atoms with van der Waals surface area (Å²) < 4.78 is 35.2. The Kier molecular flexibility index (Phi) is 12.0. The molecule has 0 bridgehead atoms. The number of benzene rings is 2. The maximum atomic E-state index is 13.7. The molecule has 0 unspecified atom stereocenters. The second-order valence-corrected chi connectivity index (χ2v) is 15.5. The Hall–Kier alpha value is -6.79. The Morgan fingerprint density at radius 2 is 1.15 bits per heavy atom. The van der Waals surface area contributed by atoms with Crippen LogP contribution >= 0.6 is 46.7 Å². The van der Waals surface area contributed by atoms with E-state index in [-0.39, 0.29) is 5.69 Å². The molecular weight excluding hydrogens is 852 g/mol. The van der Waals surface area contributed by atoms with E-state index >= 15 is 0 Å². The van der Waals surface area contributed by atoms with Gasteiger partial charge in [-0.2, -0.15) is 15.2 Å². The van der Waals surface area contributed by atoms with Gasteiger partial charge in [0.25, 0.3) is 5.91 Å². The lowest BCUT2D eigenvalue weighted by Gasteiger charge is -2.03. The van der Waals surface area contributed by atoms with Crippen molar-refractivity contribution in [2.75, 3.05) is 0 Å². The Balaban J connectivity index is 0.000000167. The lowest BCUT2D eigenvalue weighted by atomic mass is 10.2. The number of aromatic nitrogens is 10. The van der Waals surface area contributed by atoms with E-state index in [0.29, 0.717) is 49.9 Å². The van der Waals surface area contributed by atoms with Gasteiger partial charge in [-0.3, -0.25) is 24.7 Å². The molecule has 0 atom stereocenters. The summed E-state index contributed by atoms with van der Waals surface area (Å²) in [6.07, 6.45) is 13.4. The van der Waals surface area contributed by atoms with Crippen molar-refractivity contribution in [3.8, 4) is 45.4 Å². The van der Waals surface area contributed by atoms with E-state index in [1.54, 1.807) is 52.2 Å². The molecule has 19 heteroatoms. The molecule has 0 spiro atoms. The number of nitrogens with two attached hydrogens (primary N) is 1. The Morgan fingerprint density at radius 3 is 1.57 bits per heavy atom. The summed E-state index contributed by atoms with van der Waals surface area (Å²) in [4.78, 5) is 35.2. The van der Waals surface area contributed by atoms with Crippen molar-refractivity contribution in [3.63, 3.8) is 0 Å². The van der Waals surface area contributed by atoms with E-state index in [9.17, 15) is 13.6 Å². The first-order valence-corrected chi connectivity index (χ1v) is 19.8. The van der Waals surface area contributed by atoms with Crippen LogP contribution in [0.1, 0.15) is 10.5 Å². The molecule has 7 aromatic heterocycles. The van der Waals surface area contributed by atoms with Crippen molar-refractivity contribution < 1.29 is 18.1 Å². The highest BCUT2D eigenvalue weighted by atomic mass is 35.5. The van der Waals surface area contributed by atoms with E-state index in [4.69, 9.17) is 33.5 Å². The second-order valence-electron chi connectivity index (χ2n) is 12.4. The first kappa shape index (κ1) is 40.0. The largest absolute Gasteiger partial charge is 0.364 e. The van der Waals surface area contributed by atoms with Gasteiger partial charge in [-0.25, -0.2) is 18.1 Å². The van der Waals surface area contributed by atoms with Crippen LogP contribution in [0, 0.1) is 11.6 Å². The Bertz CT molecular complexity index is 2900. The van der Waals surface area contributed by atoms with Crippen LogP contribution in [0.4, 0.5) is 8.78 Å². The highest BCUT2D eigenvalue weighted by Crippen LogP contribution is 2.38. The Labute approximate surface area is 357 Å². The van der Waals surface area contributed by atoms with Gasteiger partial charge in [0.1, 0.15) is 34.4 Å². The van der Waals surface area contributed by atoms with Gasteiger partial charge in [0.15, 0.2) is 0 Å². The van der Waals surface area contributed by atoms with Gasteiger partial charge in [-0.15, -0.1) is 0 Å². The lowest BCUT2D eigenvalue weighted by Crippen LogP contribution is -2.12. The summed E-state index contributed by atoms with van der Waals surface area (Å²) in [6.45, 7) is 0. The number of carbonyl (C=O) groups excluding carboxylic acids is 1. The molecule has 1 amide bonds. The number of amides is 1. The molecule has 0 aliphatic carbocycles. The van der Waals surface area contributed by atoms with Crippen LogP contribution in [-0.4, -0.2) is 55.5 Å². The van der Waals surface area contributed by atoms with E-state index < -0.39 is 17.5 Å². The van der Waals surface area contributed by atoms with Crippen molar-refractivity contribution in [1.29, 1.82) is 0 Å². The average molecular weight is 877 g/mol. The fraction of sp³-hybridized carbons (Fsp3) is 0.